The van der Waals surface area contributed by atoms with Crippen LogP contribution in [0.5, 0.6) is 0 Å². The largest absolute Gasteiger partial charge is 0.399 e. The molecule has 2 N–H and O–H groups in total. The van der Waals surface area contributed by atoms with Crippen molar-refractivity contribution in [1.29, 1.82) is 0 Å². The van der Waals surface area contributed by atoms with E-state index in [9.17, 15) is 4.79 Å². The zero-order chi connectivity index (χ0) is 13.9. The van der Waals surface area contributed by atoms with Crippen molar-refractivity contribution >= 4 is 11.6 Å². The third-order valence-corrected chi connectivity index (χ3v) is 3.65. The van der Waals surface area contributed by atoms with Crippen LogP contribution in [0.2, 0.25) is 0 Å². The number of aromatic nitrogens is 1. The number of amides is 1. The zero-order valence-corrected chi connectivity index (χ0v) is 11.2. The highest BCUT2D eigenvalue weighted by atomic mass is 16.2. The van der Waals surface area contributed by atoms with Crippen LogP contribution in [0.3, 0.4) is 0 Å². The van der Waals surface area contributed by atoms with Gasteiger partial charge in [-0.1, -0.05) is 12.1 Å². The lowest BCUT2D eigenvalue weighted by Gasteiger charge is -2.29. The number of nitrogen functional groups attached to an aromatic ring is 1. The summed E-state index contributed by atoms with van der Waals surface area (Å²) in [4.78, 5) is 18.4. The van der Waals surface area contributed by atoms with Crippen molar-refractivity contribution in [2.45, 2.75) is 19.4 Å². The first-order valence-corrected chi connectivity index (χ1v) is 6.77. The molecule has 4 nitrogen and oxygen atoms in total. The van der Waals surface area contributed by atoms with Gasteiger partial charge in [-0.2, -0.15) is 0 Å². The van der Waals surface area contributed by atoms with Gasteiger partial charge in [0.05, 0.1) is 6.42 Å². The van der Waals surface area contributed by atoms with E-state index < -0.39 is 0 Å². The maximum absolute atomic E-state index is 12.3. The molecule has 4 heteroatoms. The van der Waals surface area contributed by atoms with Gasteiger partial charge in [0.25, 0.3) is 0 Å². The molecule has 1 aromatic carbocycles. The van der Waals surface area contributed by atoms with Crippen molar-refractivity contribution < 1.29 is 4.79 Å². The molecule has 3 rings (SSSR count). The first-order valence-electron chi connectivity index (χ1n) is 6.77. The Morgan fingerprint density at radius 3 is 2.95 bits per heavy atom. The van der Waals surface area contributed by atoms with Crippen molar-refractivity contribution in [3.05, 3.63) is 59.4 Å². The maximum atomic E-state index is 12.3. The van der Waals surface area contributed by atoms with Crippen LogP contribution in [0.4, 0.5) is 5.69 Å². The summed E-state index contributed by atoms with van der Waals surface area (Å²) >= 11 is 0. The number of nitrogens with zero attached hydrogens (tertiary/aromatic N) is 2. The van der Waals surface area contributed by atoms with E-state index in [1.54, 1.807) is 6.20 Å². The van der Waals surface area contributed by atoms with Gasteiger partial charge in [-0.3, -0.25) is 9.78 Å². The summed E-state index contributed by atoms with van der Waals surface area (Å²) in [7, 11) is 0. The van der Waals surface area contributed by atoms with Gasteiger partial charge in [-0.15, -0.1) is 0 Å². The Morgan fingerprint density at radius 1 is 1.25 bits per heavy atom. The van der Waals surface area contributed by atoms with Crippen molar-refractivity contribution in [1.82, 2.24) is 9.88 Å². The van der Waals surface area contributed by atoms with Crippen LogP contribution in [0.25, 0.3) is 0 Å². The first kappa shape index (κ1) is 12.7. The summed E-state index contributed by atoms with van der Waals surface area (Å²) < 4.78 is 0. The predicted octanol–water partition coefficient (Wildman–Crippen LogP) is 1.79. The average Bonchev–Trinajstić information content (AvgIpc) is 2.47. The third-order valence-electron chi connectivity index (χ3n) is 3.65. The Kier molecular flexibility index (Phi) is 3.37. The SMILES string of the molecule is Nc1ccc2c(c1)CCN(C(=O)Cc1ccccn1)C2. The van der Waals surface area contributed by atoms with Gasteiger partial charge >= 0.3 is 0 Å². The summed E-state index contributed by atoms with van der Waals surface area (Å²) in [5.41, 5.74) is 9.85. The summed E-state index contributed by atoms with van der Waals surface area (Å²) in [5, 5.41) is 0. The molecule has 0 saturated carbocycles. The minimum absolute atomic E-state index is 0.131. The van der Waals surface area contributed by atoms with Gasteiger partial charge < -0.3 is 10.6 Å². The normalized spacial score (nSPS) is 13.9. The van der Waals surface area contributed by atoms with Crippen molar-refractivity contribution in [2.75, 3.05) is 12.3 Å². The van der Waals surface area contributed by atoms with E-state index in [4.69, 9.17) is 5.73 Å². The summed E-state index contributed by atoms with van der Waals surface area (Å²) in [5.74, 6) is 0.131. The van der Waals surface area contributed by atoms with Gasteiger partial charge in [0.1, 0.15) is 0 Å². The summed E-state index contributed by atoms with van der Waals surface area (Å²) in [6.07, 6.45) is 2.95. The monoisotopic (exact) mass is 267 g/mol. The average molecular weight is 267 g/mol. The zero-order valence-electron chi connectivity index (χ0n) is 11.2. The molecule has 2 aromatic rings. The number of carbonyl (C=O) groups excluding carboxylic acids is 1. The number of carbonyl (C=O) groups is 1. The van der Waals surface area contributed by atoms with E-state index in [2.05, 4.69) is 4.98 Å². The van der Waals surface area contributed by atoms with E-state index in [0.717, 1.165) is 24.3 Å². The van der Waals surface area contributed by atoms with Gasteiger partial charge in [0.15, 0.2) is 0 Å². The third kappa shape index (κ3) is 2.64. The highest BCUT2D eigenvalue weighted by molar-refractivity contribution is 5.78. The molecule has 20 heavy (non-hydrogen) atoms. The van der Waals surface area contributed by atoms with Gasteiger partial charge in [-0.05, 0) is 41.8 Å². The smallest absolute Gasteiger partial charge is 0.228 e. The fourth-order valence-corrected chi connectivity index (χ4v) is 2.56. The Balaban J connectivity index is 1.70. The molecule has 0 bridgehead atoms. The van der Waals surface area contributed by atoms with Gasteiger partial charge in [-0.25, -0.2) is 0 Å². The first-order chi connectivity index (χ1) is 9.72. The Morgan fingerprint density at radius 2 is 2.15 bits per heavy atom. The summed E-state index contributed by atoms with van der Waals surface area (Å²) in [6, 6.07) is 11.6. The number of rotatable bonds is 2. The topological polar surface area (TPSA) is 59.2 Å². The number of hydrogen-bond acceptors (Lipinski definition) is 3. The van der Waals surface area contributed by atoms with Crippen LogP contribution in [0.1, 0.15) is 16.8 Å². The van der Waals surface area contributed by atoms with Gasteiger partial charge in [0.2, 0.25) is 5.91 Å². The molecule has 0 aliphatic carbocycles. The van der Waals surface area contributed by atoms with Crippen molar-refractivity contribution in [3.8, 4) is 0 Å². The Hall–Kier alpha value is -2.36. The molecule has 102 valence electrons. The standard InChI is InChI=1S/C16H17N3O/c17-14-5-4-13-11-19(8-6-12(13)9-14)16(20)10-15-3-1-2-7-18-15/h1-5,7,9H,6,8,10-11,17H2. The lowest BCUT2D eigenvalue weighted by atomic mass is 9.99. The van der Waals surface area contributed by atoms with Crippen LogP contribution in [-0.4, -0.2) is 22.3 Å². The van der Waals surface area contributed by atoms with E-state index in [0.29, 0.717) is 13.0 Å². The van der Waals surface area contributed by atoms with Crippen LogP contribution < -0.4 is 5.73 Å². The molecule has 0 radical (unpaired) electrons. The second kappa shape index (κ2) is 5.33. The fourth-order valence-electron chi connectivity index (χ4n) is 2.56. The van der Waals surface area contributed by atoms with Crippen LogP contribution >= 0.6 is 0 Å². The quantitative estimate of drug-likeness (QED) is 0.844. The second-order valence-electron chi connectivity index (χ2n) is 5.09. The fraction of sp³-hybridized carbons (Fsp3) is 0.250. The van der Waals surface area contributed by atoms with E-state index in [1.165, 1.54) is 11.1 Å². The minimum atomic E-state index is 0.131. The van der Waals surface area contributed by atoms with Crippen LogP contribution in [0, 0.1) is 0 Å². The molecular formula is C16H17N3O. The van der Waals surface area contributed by atoms with E-state index in [1.807, 2.05) is 41.3 Å². The molecular weight excluding hydrogens is 250 g/mol. The number of hydrogen-bond donors (Lipinski definition) is 1. The van der Waals surface area contributed by atoms with Crippen LogP contribution in [-0.2, 0) is 24.2 Å². The molecule has 1 aromatic heterocycles. The molecule has 1 aliphatic rings. The Labute approximate surface area is 118 Å². The highest BCUT2D eigenvalue weighted by Gasteiger charge is 2.20. The molecule has 0 spiro atoms. The number of fused-ring (bicyclic) bond motifs is 1. The summed E-state index contributed by atoms with van der Waals surface area (Å²) in [6.45, 7) is 1.42. The highest BCUT2D eigenvalue weighted by Crippen LogP contribution is 2.21. The number of anilines is 1. The van der Waals surface area contributed by atoms with Gasteiger partial charge in [0, 0.05) is 30.7 Å². The molecule has 2 heterocycles. The molecule has 0 fully saturated rings. The molecule has 0 atom stereocenters. The van der Waals surface area contributed by atoms with Crippen molar-refractivity contribution in [2.24, 2.45) is 0 Å². The molecule has 1 aliphatic heterocycles. The van der Waals surface area contributed by atoms with E-state index >= 15 is 0 Å². The minimum Gasteiger partial charge on any atom is -0.399 e. The van der Waals surface area contributed by atoms with Crippen molar-refractivity contribution in [3.63, 3.8) is 0 Å². The van der Waals surface area contributed by atoms with Crippen LogP contribution in [0.15, 0.2) is 42.6 Å². The molecule has 0 unspecified atom stereocenters. The number of pyridine rings is 1. The lowest BCUT2D eigenvalue weighted by Crippen LogP contribution is -2.37. The Bertz CT molecular complexity index is 625. The molecule has 1 amide bonds. The maximum Gasteiger partial charge on any atom is 0.228 e. The molecule has 0 saturated heterocycles. The van der Waals surface area contributed by atoms with E-state index in [-0.39, 0.29) is 5.91 Å². The number of nitrogens with two attached hydrogens (primary N) is 1. The predicted molar refractivity (Wildman–Crippen MR) is 77.9 cm³/mol. The second-order valence-corrected chi connectivity index (χ2v) is 5.09. The lowest BCUT2D eigenvalue weighted by molar-refractivity contribution is -0.131. The number of benzene rings is 1.